The van der Waals surface area contributed by atoms with E-state index in [1.807, 2.05) is 49.3 Å². The first-order chi connectivity index (χ1) is 12.0. The van der Waals surface area contributed by atoms with Gasteiger partial charge in [-0.25, -0.2) is 9.59 Å². The maximum Gasteiger partial charge on any atom is 0.338 e. The summed E-state index contributed by atoms with van der Waals surface area (Å²) >= 11 is 0. The van der Waals surface area contributed by atoms with Crippen LogP contribution in [0.3, 0.4) is 0 Å². The molecule has 0 amide bonds. The average molecular weight is 339 g/mol. The molecule has 0 fully saturated rings. The minimum absolute atomic E-state index is 0.409. The Balaban J connectivity index is 2.70. The van der Waals surface area contributed by atoms with Crippen LogP contribution in [0.4, 0.5) is 5.69 Å². The van der Waals surface area contributed by atoms with E-state index in [0.29, 0.717) is 5.56 Å². The van der Waals surface area contributed by atoms with Crippen molar-refractivity contribution in [2.24, 2.45) is 0 Å². The van der Waals surface area contributed by atoms with Crippen molar-refractivity contribution < 1.29 is 19.1 Å². The Morgan fingerprint density at radius 2 is 1.60 bits per heavy atom. The van der Waals surface area contributed by atoms with Crippen molar-refractivity contribution in [2.75, 3.05) is 33.2 Å². The van der Waals surface area contributed by atoms with Crippen molar-refractivity contribution in [3.63, 3.8) is 0 Å². The molecule has 0 aliphatic carbocycles. The van der Waals surface area contributed by atoms with Gasteiger partial charge in [-0.05, 0) is 29.3 Å². The van der Waals surface area contributed by atoms with E-state index in [9.17, 15) is 9.59 Å². The van der Waals surface area contributed by atoms with E-state index in [4.69, 9.17) is 4.74 Å². The first-order valence-corrected chi connectivity index (χ1v) is 7.73. The van der Waals surface area contributed by atoms with Crippen LogP contribution in [-0.2, 0) is 14.3 Å². The van der Waals surface area contributed by atoms with Crippen LogP contribution in [0.2, 0.25) is 0 Å². The highest BCUT2D eigenvalue weighted by Gasteiger charge is 2.16. The van der Waals surface area contributed by atoms with Crippen molar-refractivity contribution in [2.45, 2.75) is 0 Å². The number of carbonyl (C=O) groups excluding carboxylic acids is 2. The molecule has 0 heterocycles. The van der Waals surface area contributed by atoms with Crippen LogP contribution < -0.4 is 4.90 Å². The fourth-order valence-corrected chi connectivity index (χ4v) is 2.58. The van der Waals surface area contributed by atoms with Gasteiger partial charge in [-0.1, -0.05) is 30.3 Å². The van der Waals surface area contributed by atoms with Crippen molar-refractivity contribution in [3.8, 4) is 11.1 Å². The van der Waals surface area contributed by atoms with Crippen molar-refractivity contribution in [3.05, 3.63) is 59.7 Å². The standard InChI is InChI=1S/C20H21NO4/c1-21(2)18-11-7-10-14(16(18)12-13-19(22)24-3)15-8-5-6-9-17(15)20(23)25-4/h5-13H,1-4H3/b13-12+. The van der Waals surface area contributed by atoms with Crippen molar-refractivity contribution >= 4 is 23.7 Å². The second-order valence-electron chi connectivity index (χ2n) is 5.53. The summed E-state index contributed by atoms with van der Waals surface area (Å²) in [6, 6.07) is 13.0. The molecule has 0 aromatic heterocycles. The zero-order chi connectivity index (χ0) is 18.4. The second-order valence-corrected chi connectivity index (χ2v) is 5.53. The van der Waals surface area contributed by atoms with Crippen LogP contribution in [0.25, 0.3) is 17.2 Å². The summed E-state index contributed by atoms with van der Waals surface area (Å²) in [5.41, 5.74) is 3.76. The predicted molar refractivity (Wildman–Crippen MR) is 98.6 cm³/mol. The molecule has 2 aromatic carbocycles. The number of anilines is 1. The van der Waals surface area contributed by atoms with Gasteiger partial charge >= 0.3 is 11.9 Å². The number of hydrogen-bond acceptors (Lipinski definition) is 5. The maximum atomic E-state index is 12.1. The molecule has 0 atom stereocenters. The van der Waals surface area contributed by atoms with E-state index in [0.717, 1.165) is 22.4 Å². The number of ether oxygens (including phenoxy) is 2. The molecule has 0 aliphatic rings. The summed E-state index contributed by atoms with van der Waals surface area (Å²) in [5, 5.41) is 0. The number of methoxy groups -OCH3 is 2. The Morgan fingerprint density at radius 3 is 2.24 bits per heavy atom. The summed E-state index contributed by atoms with van der Waals surface area (Å²) in [6.45, 7) is 0. The van der Waals surface area contributed by atoms with E-state index in [1.165, 1.54) is 20.3 Å². The van der Waals surface area contributed by atoms with Gasteiger partial charge in [0.1, 0.15) is 0 Å². The lowest BCUT2D eigenvalue weighted by Crippen LogP contribution is -2.11. The topological polar surface area (TPSA) is 55.8 Å². The molecule has 0 saturated heterocycles. The van der Waals surface area contributed by atoms with Gasteiger partial charge in [-0.3, -0.25) is 0 Å². The first kappa shape index (κ1) is 18.3. The molecule has 2 rings (SSSR count). The lowest BCUT2D eigenvalue weighted by atomic mass is 9.93. The van der Waals surface area contributed by atoms with Gasteiger partial charge < -0.3 is 14.4 Å². The van der Waals surface area contributed by atoms with Gasteiger partial charge in [-0.15, -0.1) is 0 Å². The zero-order valence-corrected chi connectivity index (χ0v) is 14.8. The van der Waals surface area contributed by atoms with Crippen molar-refractivity contribution in [1.29, 1.82) is 0 Å². The van der Waals surface area contributed by atoms with Crippen LogP contribution in [0, 0.1) is 0 Å². The van der Waals surface area contributed by atoms with Crippen LogP contribution in [-0.4, -0.2) is 40.3 Å². The molecular formula is C20H21NO4. The lowest BCUT2D eigenvalue weighted by molar-refractivity contribution is -0.134. The lowest BCUT2D eigenvalue weighted by Gasteiger charge is -2.19. The monoisotopic (exact) mass is 339 g/mol. The third-order valence-electron chi connectivity index (χ3n) is 3.77. The second kappa shape index (κ2) is 8.15. The Bertz CT molecular complexity index is 809. The molecule has 2 aromatic rings. The van der Waals surface area contributed by atoms with Crippen LogP contribution in [0.15, 0.2) is 48.5 Å². The largest absolute Gasteiger partial charge is 0.466 e. The minimum Gasteiger partial charge on any atom is -0.466 e. The highest BCUT2D eigenvalue weighted by Crippen LogP contribution is 2.34. The quantitative estimate of drug-likeness (QED) is 0.617. The molecule has 25 heavy (non-hydrogen) atoms. The first-order valence-electron chi connectivity index (χ1n) is 7.73. The van der Waals surface area contributed by atoms with E-state index < -0.39 is 11.9 Å². The smallest absolute Gasteiger partial charge is 0.338 e. The molecule has 5 nitrogen and oxygen atoms in total. The fourth-order valence-electron chi connectivity index (χ4n) is 2.58. The molecule has 0 saturated carbocycles. The average Bonchev–Trinajstić information content (AvgIpc) is 2.64. The Morgan fingerprint density at radius 1 is 0.920 bits per heavy atom. The number of benzene rings is 2. The number of rotatable bonds is 5. The zero-order valence-electron chi connectivity index (χ0n) is 14.8. The van der Waals surface area contributed by atoms with Crippen molar-refractivity contribution in [1.82, 2.24) is 0 Å². The van der Waals surface area contributed by atoms with Gasteiger partial charge in [0.05, 0.1) is 19.8 Å². The molecule has 0 spiro atoms. The van der Waals surface area contributed by atoms with Crippen LogP contribution in [0.5, 0.6) is 0 Å². The van der Waals surface area contributed by atoms with Gasteiger partial charge in [0.2, 0.25) is 0 Å². The van der Waals surface area contributed by atoms with E-state index in [2.05, 4.69) is 4.74 Å². The van der Waals surface area contributed by atoms with E-state index in [1.54, 1.807) is 18.2 Å². The molecular weight excluding hydrogens is 318 g/mol. The fraction of sp³-hybridized carbons (Fsp3) is 0.200. The predicted octanol–water partition coefficient (Wildman–Crippen LogP) is 3.39. The summed E-state index contributed by atoms with van der Waals surface area (Å²) < 4.78 is 9.57. The number of esters is 2. The molecule has 5 heteroatoms. The SMILES string of the molecule is COC(=O)/C=C/c1c(-c2ccccc2C(=O)OC)cccc1N(C)C. The van der Waals surface area contributed by atoms with Gasteiger partial charge in [0.25, 0.3) is 0 Å². The summed E-state index contributed by atoms with van der Waals surface area (Å²) in [4.78, 5) is 25.6. The third kappa shape index (κ3) is 4.07. The molecule has 0 bridgehead atoms. The molecule has 0 aliphatic heterocycles. The molecule has 0 N–H and O–H groups in total. The van der Waals surface area contributed by atoms with E-state index >= 15 is 0 Å². The highest BCUT2D eigenvalue weighted by atomic mass is 16.5. The molecule has 0 radical (unpaired) electrons. The highest BCUT2D eigenvalue weighted by molar-refractivity contribution is 6.00. The van der Waals surface area contributed by atoms with E-state index in [-0.39, 0.29) is 0 Å². The Labute approximate surface area is 147 Å². The number of carbonyl (C=O) groups is 2. The van der Waals surface area contributed by atoms with Gasteiger partial charge in [0.15, 0.2) is 0 Å². The summed E-state index contributed by atoms with van der Waals surface area (Å²) in [7, 11) is 6.52. The Kier molecular flexibility index (Phi) is 5.95. The molecule has 130 valence electrons. The van der Waals surface area contributed by atoms with Crippen LogP contribution in [0.1, 0.15) is 15.9 Å². The Hall–Kier alpha value is -3.08. The summed E-state index contributed by atoms with van der Waals surface area (Å²) in [5.74, 6) is -0.852. The molecule has 0 unspecified atom stereocenters. The number of hydrogen-bond donors (Lipinski definition) is 0. The normalized spacial score (nSPS) is 10.6. The maximum absolute atomic E-state index is 12.1. The van der Waals surface area contributed by atoms with Crippen LogP contribution >= 0.6 is 0 Å². The summed E-state index contributed by atoms with van der Waals surface area (Å²) in [6.07, 6.45) is 3.07. The minimum atomic E-state index is -0.444. The van der Waals surface area contributed by atoms with Gasteiger partial charge in [0, 0.05) is 31.4 Å². The third-order valence-corrected chi connectivity index (χ3v) is 3.77. The van der Waals surface area contributed by atoms with Gasteiger partial charge in [-0.2, -0.15) is 0 Å². The number of nitrogens with zero attached hydrogens (tertiary/aromatic N) is 1.